The van der Waals surface area contributed by atoms with Crippen LogP contribution >= 0.6 is 11.8 Å². The van der Waals surface area contributed by atoms with E-state index in [2.05, 4.69) is 41.4 Å². The molecular weight excluding hydrogens is 220 g/mol. The SMILES string of the molecule is CCNc1cc(NCC(C)C)nc(SC)n1. The Morgan fingerprint density at radius 3 is 2.38 bits per heavy atom. The van der Waals surface area contributed by atoms with Gasteiger partial charge in [-0.05, 0) is 19.1 Å². The monoisotopic (exact) mass is 240 g/mol. The summed E-state index contributed by atoms with van der Waals surface area (Å²) < 4.78 is 0. The number of nitrogens with one attached hydrogen (secondary N) is 2. The maximum absolute atomic E-state index is 4.41. The van der Waals surface area contributed by atoms with E-state index < -0.39 is 0 Å². The molecule has 2 N–H and O–H groups in total. The summed E-state index contributed by atoms with van der Waals surface area (Å²) in [5.74, 6) is 2.38. The van der Waals surface area contributed by atoms with Gasteiger partial charge in [0.1, 0.15) is 11.6 Å². The maximum Gasteiger partial charge on any atom is 0.191 e. The third-order valence-electron chi connectivity index (χ3n) is 1.94. The number of nitrogens with zero attached hydrogens (tertiary/aromatic N) is 2. The van der Waals surface area contributed by atoms with E-state index in [0.29, 0.717) is 5.92 Å². The summed E-state index contributed by atoms with van der Waals surface area (Å²) in [5, 5.41) is 7.32. The number of anilines is 2. The molecule has 1 aromatic rings. The summed E-state index contributed by atoms with van der Waals surface area (Å²) in [5.41, 5.74) is 0. The Bertz CT molecular complexity index is 328. The Morgan fingerprint density at radius 1 is 1.25 bits per heavy atom. The number of thioether (sulfide) groups is 1. The van der Waals surface area contributed by atoms with E-state index in [0.717, 1.165) is 29.9 Å². The van der Waals surface area contributed by atoms with Crippen LogP contribution in [0.1, 0.15) is 20.8 Å². The molecular formula is C11H20N4S. The zero-order valence-electron chi connectivity index (χ0n) is 10.4. The Morgan fingerprint density at radius 2 is 1.88 bits per heavy atom. The lowest BCUT2D eigenvalue weighted by Crippen LogP contribution is -2.11. The van der Waals surface area contributed by atoms with E-state index in [-0.39, 0.29) is 0 Å². The molecule has 0 spiro atoms. The van der Waals surface area contributed by atoms with Gasteiger partial charge in [-0.1, -0.05) is 25.6 Å². The maximum atomic E-state index is 4.41. The van der Waals surface area contributed by atoms with Crippen LogP contribution in [0.3, 0.4) is 0 Å². The first-order valence-corrected chi connectivity index (χ1v) is 6.79. The molecule has 0 aliphatic carbocycles. The van der Waals surface area contributed by atoms with Crippen LogP contribution in [0.15, 0.2) is 11.2 Å². The predicted octanol–water partition coefficient (Wildman–Crippen LogP) is 2.70. The van der Waals surface area contributed by atoms with Gasteiger partial charge in [0.2, 0.25) is 0 Å². The van der Waals surface area contributed by atoms with Crippen LogP contribution in [-0.4, -0.2) is 29.3 Å². The van der Waals surface area contributed by atoms with E-state index in [1.807, 2.05) is 12.3 Å². The minimum absolute atomic E-state index is 0.607. The molecule has 90 valence electrons. The van der Waals surface area contributed by atoms with E-state index in [1.54, 1.807) is 11.8 Å². The first-order valence-electron chi connectivity index (χ1n) is 5.56. The zero-order chi connectivity index (χ0) is 12.0. The van der Waals surface area contributed by atoms with Crippen LogP contribution in [0.5, 0.6) is 0 Å². The first-order chi connectivity index (χ1) is 7.65. The summed E-state index contributed by atoms with van der Waals surface area (Å²) in [6.45, 7) is 8.21. The van der Waals surface area contributed by atoms with E-state index >= 15 is 0 Å². The highest BCUT2D eigenvalue weighted by atomic mass is 32.2. The van der Waals surface area contributed by atoms with Crippen molar-refractivity contribution < 1.29 is 0 Å². The van der Waals surface area contributed by atoms with Gasteiger partial charge in [0.15, 0.2) is 5.16 Å². The smallest absolute Gasteiger partial charge is 0.191 e. The van der Waals surface area contributed by atoms with E-state index in [4.69, 9.17) is 0 Å². The first kappa shape index (κ1) is 13.1. The molecule has 1 heterocycles. The van der Waals surface area contributed by atoms with Gasteiger partial charge in [0.05, 0.1) is 0 Å². The molecule has 0 bridgehead atoms. The topological polar surface area (TPSA) is 49.8 Å². The van der Waals surface area contributed by atoms with Crippen LogP contribution in [0.4, 0.5) is 11.6 Å². The van der Waals surface area contributed by atoms with Crippen molar-refractivity contribution in [2.24, 2.45) is 5.92 Å². The van der Waals surface area contributed by atoms with Crippen LogP contribution in [0.25, 0.3) is 0 Å². The van der Waals surface area contributed by atoms with Crippen molar-refractivity contribution in [3.63, 3.8) is 0 Å². The lowest BCUT2D eigenvalue weighted by Gasteiger charge is -2.11. The third kappa shape index (κ3) is 4.26. The Balaban J connectivity index is 2.77. The Kier molecular flexibility index (Phi) is 5.38. The van der Waals surface area contributed by atoms with E-state index in [1.165, 1.54) is 0 Å². The standard InChI is InChI=1S/C11H20N4S/c1-5-12-9-6-10(13-7-8(2)3)15-11(14-9)16-4/h6,8H,5,7H2,1-4H3,(H2,12,13,14,15). The number of hydrogen-bond donors (Lipinski definition) is 2. The van der Waals surface area contributed by atoms with Crippen molar-refractivity contribution in [1.82, 2.24) is 9.97 Å². The van der Waals surface area contributed by atoms with Gasteiger partial charge in [0, 0.05) is 19.2 Å². The average Bonchev–Trinajstić information content (AvgIpc) is 2.26. The molecule has 0 unspecified atom stereocenters. The highest BCUT2D eigenvalue weighted by molar-refractivity contribution is 7.98. The molecule has 0 aliphatic rings. The molecule has 16 heavy (non-hydrogen) atoms. The van der Waals surface area contributed by atoms with Crippen molar-refractivity contribution in [2.75, 3.05) is 30.0 Å². The normalized spacial score (nSPS) is 10.6. The van der Waals surface area contributed by atoms with Crippen LogP contribution in [0, 0.1) is 5.92 Å². The van der Waals surface area contributed by atoms with Gasteiger partial charge >= 0.3 is 0 Å². The summed E-state index contributed by atoms with van der Waals surface area (Å²) in [6.07, 6.45) is 1.98. The second kappa shape index (κ2) is 6.58. The van der Waals surface area contributed by atoms with Gasteiger partial charge in [0.25, 0.3) is 0 Å². The summed E-state index contributed by atoms with van der Waals surface area (Å²) in [4.78, 5) is 8.78. The Hall–Kier alpha value is -0.970. The zero-order valence-corrected chi connectivity index (χ0v) is 11.2. The minimum Gasteiger partial charge on any atom is -0.370 e. The largest absolute Gasteiger partial charge is 0.370 e. The lowest BCUT2D eigenvalue weighted by molar-refractivity contribution is 0.685. The van der Waals surface area contributed by atoms with Gasteiger partial charge in [-0.25, -0.2) is 9.97 Å². The summed E-state index contributed by atoms with van der Waals surface area (Å²) in [6, 6.07) is 1.95. The average molecular weight is 240 g/mol. The van der Waals surface area contributed by atoms with Crippen LogP contribution in [0.2, 0.25) is 0 Å². The molecule has 0 saturated carbocycles. The van der Waals surface area contributed by atoms with Crippen molar-refractivity contribution in [3.8, 4) is 0 Å². The molecule has 0 saturated heterocycles. The van der Waals surface area contributed by atoms with Crippen molar-refractivity contribution in [2.45, 2.75) is 25.9 Å². The molecule has 0 aliphatic heterocycles. The van der Waals surface area contributed by atoms with E-state index in [9.17, 15) is 0 Å². The fourth-order valence-electron chi connectivity index (χ4n) is 1.19. The van der Waals surface area contributed by atoms with Crippen molar-refractivity contribution in [3.05, 3.63) is 6.07 Å². The Labute approximate surface area is 102 Å². The molecule has 0 aromatic carbocycles. The molecule has 1 aromatic heterocycles. The minimum atomic E-state index is 0.607. The number of aromatic nitrogens is 2. The third-order valence-corrected chi connectivity index (χ3v) is 2.49. The van der Waals surface area contributed by atoms with Gasteiger partial charge in [-0.2, -0.15) is 0 Å². The molecule has 5 heteroatoms. The van der Waals surface area contributed by atoms with Crippen LogP contribution in [-0.2, 0) is 0 Å². The fraction of sp³-hybridized carbons (Fsp3) is 0.636. The molecule has 1 rings (SSSR count). The second-order valence-electron chi connectivity index (χ2n) is 3.93. The second-order valence-corrected chi connectivity index (χ2v) is 4.70. The number of hydrogen-bond acceptors (Lipinski definition) is 5. The van der Waals surface area contributed by atoms with Gasteiger partial charge < -0.3 is 10.6 Å². The molecule has 0 amide bonds. The summed E-state index contributed by atoms with van der Waals surface area (Å²) >= 11 is 1.56. The van der Waals surface area contributed by atoms with Gasteiger partial charge in [-0.15, -0.1) is 0 Å². The van der Waals surface area contributed by atoms with Crippen LogP contribution < -0.4 is 10.6 Å². The quantitative estimate of drug-likeness (QED) is 0.591. The molecule has 0 atom stereocenters. The molecule has 4 nitrogen and oxygen atoms in total. The molecule has 0 fully saturated rings. The number of rotatable bonds is 6. The fourth-order valence-corrected chi connectivity index (χ4v) is 1.57. The molecule has 0 radical (unpaired) electrons. The van der Waals surface area contributed by atoms with Gasteiger partial charge in [-0.3, -0.25) is 0 Å². The highest BCUT2D eigenvalue weighted by Gasteiger charge is 2.03. The predicted molar refractivity (Wildman–Crippen MR) is 71.3 cm³/mol. The van der Waals surface area contributed by atoms with Crippen molar-refractivity contribution in [1.29, 1.82) is 0 Å². The summed E-state index contributed by atoms with van der Waals surface area (Å²) in [7, 11) is 0. The van der Waals surface area contributed by atoms with Crippen molar-refractivity contribution >= 4 is 23.4 Å². The lowest BCUT2D eigenvalue weighted by atomic mass is 10.2. The highest BCUT2D eigenvalue weighted by Crippen LogP contribution is 2.17.